The quantitative estimate of drug-likeness (QED) is 0.621. The number of imidazole rings is 1. The van der Waals surface area contributed by atoms with Crippen molar-refractivity contribution in [3.8, 4) is 11.5 Å². The number of nitrogens with zero attached hydrogens (tertiary/aromatic N) is 2. The maximum atomic E-state index is 11.4. The van der Waals surface area contributed by atoms with Crippen molar-refractivity contribution in [2.75, 3.05) is 32.2 Å². The highest BCUT2D eigenvalue weighted by atomic mass is 16.5. The molecule has 30 heavy (non-hydrogen) atoms. The van der Waals surface area contributed by atoms with Gasteiger partial charge in [-0.3, -0.25) is 5.41 Å². The molecule has 2 aliphatic heterocycles. The highest BCUT2D eigenvalue weighted by Crippen LogP contribution is 2.46. The van der Waals surface area contributed by atoms with E-state index >= 15 is 0 Å². The molecule has 3 heterocycles. The predicted octanol–water partition coefficient (Wildman–Crippen LogP) is 2.88. The summed E-state index contributed by atoms with van der Waals surface area (Å²) in [6.07, 6.45) is 6.60. The van der Waals surface area contributed by atoms with Crippen LogP contribution in [0, 0.1) is 5.41 Å². The third-order valence-corrected chi connectivity index (χ3v) is 6.18. The monoisotopic (exact) mass is 407 g/mol. The number of aliphatic hydroxyl groups is 1. The minimum Gasteiger partial charge on any atom is -0.509 e. The van der Waals surface area contributed by atoms with Crippen LogP contribution in [0.25, 0.3) is 11.6 Å². The summed E-state index contributed by atoms with van der Waals surface area (Å²) in [5, 5.41) is 23.8. The molecule has 8 nitrogen and oxygen atoms in total. The Morgan fingerprint density at radius 1 is 1.20 bits per heavy atom. The van der Waals surface area contributed by atoms with Gasteiger partial charge in [0.2, 0.25) is 0 Å². The average molecular weight is 407 g/mol. The van der Waals surface area contributed by atoms with E-state index in [0.717, 1.165) is 36.5 Å². The summed E-state index contributed by atoms with van der Waals surface area (Å²) in [6, 6.07) is 5.52. The van der Waals surface area contributed by atoms with E-state index in [2.05, 4.69) is 21.4 Å². The number of aromatic nitrogens is 2. The molecule has 3 aliphatic rings. The molecule has 2 aromatic rings. The van der Waals surface area contributed by atoms with Gasteiger partial charge in [0, 0.05) is 30.4 Å². The van der Waals surface area contributed by atoms with Crippen molar-refractivity contribution in [3.05, 3.63) is 47.2 Å². The van der Waals surface area contributed by atoms with Crippen molar-refractivity contribution in [2.24, 2.45) is 0 Å². The van der Waals surface area contributed by atoms with Crippen LogP contribution in [0.4, 0.5) is 5.69 Å². The Labute approximate surface area is 174 Å². The molecule has 0 radical (unpaired) electrons. The third-order valence-electron chi connectivity index (χ3n) is 6.18. The van der Waals surface area contributed by atoms with Crippen LogP contribution in [-0.4, -0.2) is 53.8 Å². The lowest BCUT2D eigenvalue weighted by Gasteiger charge is -2.36. The second-order valence-electron chi connectivity index (χ2n) is 7.83. The van der Waals surface area contributed by atoms with Gasteiger partial charge in [-0.05, 0) is 31.9 Å². The Kier molecular flexibility index (Phi) is 4.32. The smallest absolute Gasteiger partial charge is 0.145 e. The maximum absolute atomic E-state index is 11.4. The Morgan fingerprint density at radius 2 is 1.97 bits per heavy atom. The molecule has 4 N–H and O–H groups in total. The number of aliphatic hydroxyl groups excluding tert-OH is 1. The number of methoxy groups -OCH3 is 2. The zero-order chi connectivity index (χ0) is 20.9. The molecular weight excluding hydrogens is 382 g/mol. The summed E-state index contributed by atoms with van der Waals surface area (Å²) in [4.78, 5) is 9.90. The van der Waals surface area contributed by atoms with Crippen LogP contribution in [0.15, 0.2) is 30.0 Å². The van der Waals surface area contributed by atoms with Crippen LogP contribution in [-0.2, 0) is 6.42 Å². The van der Waals surface area contributed by atoms with E-state index in [4.69, 9.17) is 14.9 Å². The molecule has 1 saturated heterocycles. The highest BCUT2D eigenvalue weighted by molar-refractivity contribution is 6.31. The van der Waals surface area contributed by atoms with Crippen molar-refractivity contribution in [1.82, 2.24) is 15.3 Å². The van der Waals surface area contributed by atoms with E-state index in [9.17, 15) is 5.11 Å². The number of ether oxygens (including phenoxy) is 2. The predicted molar refractivity (Wildman–Crippen MR) is 115 cm³/mol. The van der Waals surface area contributed by atoms with E-state index in [-0.39, 0.29) is 11.6 Å². The summed E-state index contributed by atoms with van der Waals surface area (Å²) < 4.78 is 10.9. The lowest BCUT2D eigenvalue weighted by atomic mass is 9.94. The first-order valence-corrected chi connectivity index (χ1v) is 10.1. The maximum Gasteiger partial charge on any atom is 0.145 e. The Bertz CT molecular complexity index is 1060. The highest BCUT2D eigenvalue weighted by Gasteiger charge is 2.53. The fourth-order valence-corrected chi connectivity index (χ4v) is 4.66. The van der Waals surface area contributed by atoms with E-state index in [1.165, 1.54) is 0 Å². The molecule has 1 spiro atoms. The number of amidine groups is 1. The molecule has 1 atom stereocenters. The summed E-state index contributed by atoms with van der Waals surface area (Å²) >= 11 is 0. The van der Waals surface area contributed by atoms with Crippen LogP contribution in [0.1, 0.15) is 30.1 Å². The molecule has 1 aromatic carbocycles. The lowest BCUT2D eigenvalue weighted by molar-refractivity contribution is 0.318. The zero-order valence-electron chi connectivity index (χ0n) is 17.1. The van der Waals surface area contributed by atoms with Gasteiger partial charge < -0.3 is 29.8 Å². The summed E-state index contributed by atoms with van der Waals surface area (Å²) in [7, 11) is 3.20. The van der Waals surface area contributed by atoms with Crippen molar-refractivity contribution in [1.29, 1.82) is 5.41 Å². The van der Waals surface area contributed by atoms with Gasteiger partial charge in [0.1, 0.15) is 34.5 Å². The first-order valence-electron chi connectivity index (χ1n) is 10.1. The number of rotatable bonds is 4. The van der Waals surface area contributed by atoms with Crippen molar-refractivity contribution in [3.63, 3.8) is 0 Å². The Balaban J connectivity index is 1.65. The minimum atomic E-state index is -0.743. The van der Waals surface area contributed by atoms with Crippen molar-refractivity contribution < 1.29 is 14.6 Å². The van der Waals surface area contributed by atoms with E-state index in [1.54, 1.807) is 20.3 Å². The molecule has 1 fully saturated rings. The molecule has 0 amide bonds. The molecule has 5 rings (SSSR count). The van der Waals surface area contributed by atoms with E-state index < -0.39 is 5.54 Å². The molecule has 1 unspecified atom stereocenters. The lowest BCUT2D eigenvalue weighted by Crippen LogP contribution is -2.50. The second-order valence-corrected chi connectivity index (χ2v) is 7.83. The van der Waals surface area contributed by atoms with Gasteiger partial charge >= 0.3 is 0 Å². The van der Waals surface area contributed by atoms with Crippen molar-refractivity contribution in [2.45, 2.75) is 24.8 Å². The normalized spacial score (nSPS) is 22.9. The number of allylic oxidation sites excluding steroid dienone is 1. The van der Waals surface area contributed by atoms with E-state index in [1.807, 2.05) is 23.1 Å². The molecule has 1 aliphatic carbocycles. The van der Waals surface area contributed by atoms with Gasteiger partial charge in [0.15, 0.2) is 0 Å². The number of aromatic amines is 1. The van der Waals surface area contributed by atoms with Gasteiger partial charge in [0.25, 0.3) is 0 Å². The standard InChI is InChI=1S/C22H25N5O3/c1-29-14-9-13(10-15(11-14)30-2)27-20(23)18(19(28)22(27)7-8-24-12-22)21-25-16-5-3-4-6-17(16)26-21/h3,5,9-11,23-24,28H,4,6-8,12H2,1-2H3,(H,25,26). The number of fused-ring (bicyclic) bond motifs is 1. The molecular formula is C22H25N5O3. The summed E-state index contributed by atoms with van der Waals surface area (Å²) in [5.74, 6) is 2.18. The Hall–Kier alpha value is -3.26. The van der Waals surface area contributed by atoms with Crippen molar-refractivity contribution >= 4 is 23.2 Å². The van der Waals surface area contributed by atoms with Crippen LogP contribution >= 0.6 is 0 Å². The van der Waals surface area contributed by atoms with Crippen LogP contribution in [0.2, 0.25) is 0 Å². The largest absolute Gasteiger partial charge is 0.509 e. The van der Waals surface area contributed by atoms with Gasteiger partial charge in [-0.25, -0.2) is 4.98 Å². The van der Waals surface area contributed by atoms with Gasteiger partial charge in [-0.15, -0.1) is 0 Å². The number of H-pyrrole nitrogens is 1. The second kappa shape index (κ2) is 6.91. The number of benzene rings is 1. The van der Waals surface area contributed by atoms with E-state index in [0.29, 0.717) is 35.9 Å². The first-order chi connectivity index (χ1) is 14.6. The number of hydrogen-bond acceptors (Lipinski definition) is 6. The first kappa shape index (κ1) is 18.7. The van der Waals surface area contributed by atoms with Crippen LogP contribution < -0.4 is 19.7 Å². The molecule has 0 bridgehead atoms. The summed E-state index contributed by atoms with van der Waals surface area (Å²) in [5.41, 5.74) is 2.36. The molecule has 8 heteroatoms. The van der Waals surface area contributed by atoms with Gasteiger partial charge in [0.05, 0.1) is 31.2 Å². The minimum absolute atomic E-state index is 0.175. The third kappa shape index (κ3) is 2.64. The zero-order valence-corrected chi connectivity index (χ0v) is 17.1. The molecule has 0 saturated carbocycles. The van der Waals surface area contributed by atoms with Gasteiger partial charge in [-0.2, -0.15) is 0 Å². The molecule has 1 aromatic heterocycles. The Morgan fingerprint density at radius 3 is 2.60 bits per heavy atom. The van der Waals surface area contributed by atoms with Crippen LogP contribution in [0.3, 0.4) is 0 Å². The van der Waals surface area contributed by atoms with Gasteiger partial charge in [-0.1, -0.05) is 6.08 Å². The number of hydrogen-bond donors (Lipinski definition) is 4. The number of aryl methyl sites for hydroxylation is 1. The number of anilines is 1. The fraction of sp³-hybridized carbons (Fsp3) is 0.364. The van der Waals surface area contributed by atoms with Crippen LogP contribution in [0.5, 0.6) is 11.5 Å². The topological polar surface area (TPSA) is 106 Å². The number of nitrogens with one attached hydrogen (secondary N) is 3. The summed E-state index contributed by atoms with van der Waals surface area (Å²) in [6.45, 7) is 1.28. The SMILES string of the molecule is COc1cc(OC)cc(N2C(=N)C(c3nc4c([nH]3)CCC=C4)=C(O)C23CCNC3)c1. The fourth-order valence-electron chi connectivity index (χ4n) is 4.66. The average Bonchev–Trinajstić information content (AvgIpc) is 3.45. The molecule has 156 valence electrons.